The lowest BCUT2D eigenvalue weighted by molar-refractivity contribution is -0.137. The number of amides is 4. The van der Waals surface area contributed by atoms with Gasteiger partial charge in [-0.1, -0.05) is 44.5 Å². The third-order valence-electron chi connectivity index (χ3n) is 6.56. The number of imide groups is 1. The van der Waals surface area contributed by atoms with Gasteiger partial charge in [-0.15, -0.1) is 0 Å². The summed E-state index contributed by atoms with van der Waals surface area (Å²) < 4.78 is 0. The fraction of sp³-hybridized carbons (Fsp3) is 0.609. The van der Waals surface area contributed by atoms with Gasteiger partial charge in [0.1, 0.15) is 12.1 Å². The highest BCUT2D eigenvalue weighted by molar-refractivity contribution is 6.30. The lowest BCUT2D eigenvalue weighted by Gasteiger charge is -2.43. The van der Waals surface area contributed by atoms with Gasteiger partial charge in [-0.2, -0.15) is 0 Å². The molecule has 1 spiro atoms. The second kappa shape index (κ2) is 7.56. The van der Waals surface area contributed by atoms with Crippen molar-refractivity contribution >= 4 is 29.4 Å². The molecule has 2 aliphatic carbocycles. The minimum atomic E-state index is -0.884. The molecular formula is C23H30ClN3O3. The molecule has 3 atom stereocenters. The Labute approximate surface area is 182 Å². The summed E-state index contributed by atoms with van der Waals surface area (Å²) in [5.74, 6) is 0.128. The molecule has 4 rings (SSSR count). The Morgan fingerprint density at radius 1 is 1.23 bits per heavy atom. The molecule has 1 saturated heterocycles. The Kier molecular flexibility index (Phi) is 5.33. The van der Waals surface area contributed by atoms with E-state index in [1.54, 1.807) is 0 Å². The molecule has 1 aromatic carbocycles. The summed E-state index contributed by atoms with van der Waals surface area (Å²) in [4.78, 5) is 39.8. The van der Waals surface area contributed by atoms with Crippen molar-refractivity contribution in [2.75, 3.05) is 6.54 Å². The summed E-state index contributed by atoms with van der Waals surface area (Å²) >= 11 is 5.99. The molecule has 162 valence electrons. The van der Waals surface area contributed by atoms with Gasteiger partial charge in [0.25, 0.3) is 5.91 Å². The van der Waals surface area contributed by atoms with Crippen LogP contribution in [0, 0.1) is 17.3 Å². The number of urea groups is 1. The fourth-order valence-corrected chi connectivity index (χ4v) is 5.71. The molecule has 2 saturated carbocycles. The van der Waals surface area contributed by atoms with Gasteiger partial charge < -0.3 is 10.6 Å². The van der Waals surface area contributed by atoms with Gasteiger partial charge in [0.2, 0.25) is 5.91 Å². The van der Waals surface area contributed by atoms with Gasteiger partial charge in [-0.3, -0.25) is 14.5 Å². The lowest BCUT2D eigenvalue weighted by atomic mass is 9.64. The van der Waals surface area contributed by atoms with E-state index in [4.69, 9.17) is 11.6 Å². The number of carbonyl (C=O) groups excluding carboxylic acids is 3. The van der Waals surface area contributed by atoms with E-state index in [2.05, 4.69) is 31.4 Å². The number of nitrogens with zero attached hydrogens (tertiary/aromatic N) is 1. The van der Waals surface area contributed by atoms with E-state index in [9.17, 15) is 14.4 Å². The Morgan fingerprint density at radius 3 is 2.50 bits per heavy atom. The first-order chi connectivity index (χ1) is 14.1. The van der Waals surface area contributed by atoms with Crippen molar-refractivity contribution in [3.05, 3.63) is 34.9 Å². The van der Waals surface area contributed by atoms with Crippen LogP contribution in [0.2, 0.25) is 5.02 Å². The Morgan fingerprint density at radius 2 is 1.90 bits per heavy atom. The van der Waals surface area contributed by atoms with Gasteiger partial charge >= 0.3 is 6.03 Å². The van der Waals surface area contributed by atoms with E-state index < -0.39 is 11.6 Å². The second-order valence-corrected chi connectivity index (χ2v) is 10.6. The van der Waals surface area contributed by atoms with Gasteiger partial charge in [0, 0.05) is 5.02 Å². The van der Waals surface area contributed by atoms with Crippen molar-refractivity contribution in [3.8, 4) is 0 Å². The van der Waals surface area contributed by atoms with Crippen molar-refractivity contribution in [1.29, 1.82) is 0 Å². The van der Waals surface area contributed by atoms with Crippen LogP contribution in [0.3, 0.4) is 0 Å². The number of hydrogen-bond donors (Lipinski definition) is 2. The molecule has 6 nitrogen and oxygen atoms in total. The molecule has 3 aliphatic rings. The van der Waals surface area contributed by atoms with E-state index in [-0.39, 0.29) is 29.8 Å². The zero-order valence-corrected chi connectivity index (χ0v) is 18.6. The molecule has 1 heterocycles. The number of carbonyl (C=O) groups is 3. The summed E-state index contributed by atoms with van der Waals surface area (Å²) in [5.41, 5.74) is 0.0709. The molecule has 2 N–H and O–H groups in total. The molecule has 7 heteroatoms. The molecule has 1 aliphatic heterocycles. The van der Waals surface area contributed by atoms with E-state index in [0.29, 0.717) is 29.7 Å². The molecule has 1 aromatic rings. The van der Waals surface area contributed by atoms with Crippen molar-refractivity contribution in [2.24, 2.45) is 17.3 Å². The van der Waals surface area contributed by atoms with Crippen LogP contribution in [0.1, 0.15) is 64.5 Å². The number of nitrogens with one attached hydrogen (secondary N) is 2. The second-order valence-electron chi connectivity index (χ2n) is 10.2. The van der Waals surface area contributed by atoms with Crippen LogP contribution >= 0.6 is 11.6 Å². The highest BCUT2D eigenvalue weighted by atomic mass is 35.5. The van der Waals surface area contributed by atoms with Crippen LogP contribution in [-0.2, 0) is 9.59 Å². The zero-order chi connectivity index (χ0) is 21.7. The van der Waals surface area contributed by atoms with Crippen LogP contribution < -0.4 is 10.6 Å². The molecule has 0 aromatic heterocycles. The number of hydrogen-bond acceptors (Lipinski definition) is 3. The number of halogens is 1. The quantitative estimate of drug-likeness (QED) is 0.690. The Bertz CT molecular complexity index is 865. The molecule has 0 bridgehead atoms. The summed E-state index contributed by atoms with van der Waals surface area (Å²) in [7, 11) is 0. The maximum atomic E-state index is 13.2. The van der Waals surface area contributed by atoms with Crippen LogP contribution in [0.15, 0.2) is 24.3 Å². The molecule has 3 fully saturated rings. The first-order valence-electron chi connectivity index (χ1n) is 10.8. The average Bonchev–Trinajstić information content (AvgIpc) is 3.44. The van der Waals surface area contributed by atoms with Crippen LogP contribution in [0.5, 0.6) is 0 Å². The molecule has 4 amide bonds. The first kappa shape index (κ1) is 21.2. The number of benzene rings is 1. The lowest BCUT2D eigenvalue weighted by Crippen LogP contribution is -2.54. The normalized spacial score (nSPS) is 29.1. The average molecular weight is 432 g/mol. The topological polar surface area (TPSA) is 78.5 Å². The van der Waals surface area contributed by atoms with Crippen molar-refractivity contribution in [2.45, 2.75) is 64.5 Å². The van der Waals surface area contributed by atoms with Crippen molar-refractivity contribution in [1.82, 2.24) is 15.5 Å². The smallest absolute Gasteiger partial charge is 0.325 e. The van der Waals surface area contributed by atoms with Crippen LogP contribution in [0.4, 0.5) is 4.79 Å². The SMILES string of the molecule is CC1CC(C)(C)CC2(C1)NC(=O)N(CC(=O)NC(c1ccc(Cl)cc1)C1CC1)C2=O. The summed E-state index contributed by atoms with van der Waals surface area (Å²) in [6.07, 6.45) is 4.33. The highest BCUT2D eigenvalue weighted by Crippen LogP contribution is 2.46. The van der Waals surface area contributed by atoms with Gasteiger partial charge in [0.15, 0.2) is 0 Å². The molecule has 0 radical (unpaired) electrons. The third-order valence-corrected chi connectivity index (χ3v) is 6.82. The fourth-order valence-electron chi connectivity index (χ4n) is 5.59. The Balaban J connectivity index is 1.46. The van der Waals surface area contributed by atoms with E-state index in [1.807, 2.05) is 24.3 Å². The van der Waals surface area contributed by atoms with Gasteiger partial charge in [0.05, 0.1) is 6.04 Å². The summed E-state index contributed by atoms with van der Waals surface area (Å²) in [5, 5.41) is 6.62. The minimum Gasteiger partial charge on any atom is -0.347 e. The van der Waals surface area contributed by atoms with Crippen LogP contribution in [-0.4, -0.2) is 34.8 Å². The largest absolute Gasteiger partial charge is 0.347 e. The summed E-state index contributed by atoms with van der Waals surface area (Å²) in [6.45, 7) is 6.12. The minimum absolute atomic E-state index is 0.0372. The maximum Gasteiger partial charge on any atom is 0.325 e. The van der Waals surface area contributed by atoms with E-state index in [1.165, 1.54) is 0 Å². The standard InChI is InChI=1S/C23H30ClN3O3/c1-14-10-22(2,3)13-23(11-14)20(29)27(21(30)26-23)12-18(28)25-19(15-4-5-15)16-6-8-17(24)9-7-16/h6-9,14-15,19H,4-5,10-13H2,1-3H3,(H,25,28)(H,26,30). The Hall–Kier alpha value is -2.08. The van der Waals surface area contributed by atoms with Crippen molar-refractivity contribution in [3.63, 3.8) is 0 Å². The predicted octanol–water partition coefficient (Wildman–Crippen LogP) is 4.04. The molecule has 30 heavy (non-hydrogen) atoms. The van der Waals surface area contributed by atoms with Crippen molar-refractivity contribution < 1.29 is 14.4 Å². The highest BCUT2D eigenvalue weighted by Gasteiger charge is 2.56. The van der Waals surface area contributed by atoms with Gasteiger partial charge in [-0.25, -0.2) is 4.79 Å². The van der Waals surface area contributed by atoms with Gasteiger partial charge in [-0.05, 0) is 67.1 Å². The monoisotopic (exact) mass is 431 g/mol. The summed E-state index contributed by atoms with van der Waals surface area (Å²) in [6, 6.07) is 6.87. The van der Waals surface area contributed by atoms with Crippen LogP contribution in [0.25, 0.3) is 0 Å². The number of rotatable bonds is 5. The maximum absolute atomic E-state index is 13.2. The predicted molar refractivity (Wildman–Crippen MR) is 115 cm³/mol. The van der Waals surface area contributed by atoms with E-state index >= 15 is 0 Å². The third kappa shape index (κ3) is 4.20. The molecule has 3 unspecified atom stereocenters. The molecular weight excluding hydrogens is 402 g/mol. The van der Waals surface area contributed by atoms with E-state index in [0.717, 1.165) is 29.7 Å². The zero-order valence-electron chi connectivity index (χ0n) is 17.8. The first-order valence-corrected chi connectivity index (χ1v) is 11.2.